The highest BCUT2D eigenvalue weighted by molar-refractivity contribution is 9.10. The monoisotopic (exact) mass is 300 g/mol. The number of phenolic OH excluding ortho intramolecular Hbond substituents is 1. The summed E-state index contributed by atoms with van der Waals surface area (Å²) in [4.78, 5) is 13.1. The molecular weight excluding hydrogens is 284 g/mol. The molecule has 0 aliphatic carbocycles. The second-order valence-electron chi connectivity index (χ2n) is 3.91. The molecule has 0 unspecified atom stereocenters. The van der Waals surface area contributed by atoms with Gasteiger partial charge < -0.3 is 15.3 Å². The Hall–Kier alpha value is -1.07. The molecule has 0 spiro atoms. The van der Waals surface area contributed by atoms with Crippen molar-refractivity contribution in [3.05, 3.63) is 28.2 Å². The summed E-state index contributed by atoms with van der Waals surface area (Å²) in [7, 11) is 3.55. The van der Waals surface area contributed by atoms with Crippen molar-refractivity contribution in [1.82, 2.24) is 10.2 Å². The van der Waals surface area contributed by atoms with Gasteiger partial charge in [0.2, 0.25) is 5.91 Å². The second kappa shape index (κ2) is 6.61. The van der Waals surface area contributed by atoms with E-state index in [0.29, 0.717) is 24.0 Å². The largest absolute Gasteiger partial charge is 0.506 e. The van der Waals surface area contributed by atoms with E-state index in [-0.39, 0.29) is 11.7 Å². The quantitative estimate of drug-likeness (QED) is 0.871. The summed E-state index contributed by atoms with van der Waals surface area (Å²) in [5, 5.41) is 12.4. The maximum absolute atomic E-state index is 11.1. The van der Waals surface area contributed by atoms with E-state index in [4.69, 9.17) is 0 Å². The first kappa shape index (κ1) is 14.0. The zero-order valence-electron chi connectivity index (χ0n) is 10.0. The van der Waals surface area contributed by atoms with E-state index in [9.17, 15) is 9.90 Å². The third-order valence-corrected chi connectivity index (χ3v) is 3.15. The van der Waals surface area contributed by atoms with Crippen molar-refractivity contribution in [2.75, 3.05) is 20.6 Å². The van der Waals surface area contributed by atoms with Crippen molar-refractivity contribution < 1.29 is 9.90 Å². The molecule has 0 saturated carbocycles. The van der Waals surface area contributed by atoms with Crippen LogP contribution in [0.3, 0.4) is 0 Å². The number of benzene rings is 1. The van der Waals surface area contributed by atoms with Gasteiger partial charge in [-0.1, -0.05) is 12.1 Å². The molecule has 17 heavy (non-hydrogen) atoms. The predicted molar refractivity (Wildman–Crippen MR) is 70.8 cm³/mol. The van der Waals surface area contributed by atoms with Crippen molar-refractivity contribution in [3.8, 4) is 5.75 Å². The fraction of sp³-hybridized carbons (Fsp3) is 0.417. The topological polar surface area (TPSA) is 52.6 Å². The fourth-order valence-corrected chi connectivity index (χ4v) is 1.88. The molecule has 5 heteroatoms. The first-order valence-electron chi connectivity index (χ1n) is 5.40. The molecule has 0 heterocycles. The number of hydrogen-bond acceptors (Lipinski definition) is 3. The van der Waals surface area contributed by atoms with Crippen LogP contribution in [0.1, 0.15) is 12.0 Å². The summed E-state index contributed by atoms with van der Waals surface area (Å²) in [6.07, 6.45) is 0.460. The van der Waals surface area contributed by atoms with Crippen molar-refractivity contribution in [2.24, 2.45) is 0 Å². The average molecular weight is 301 g/mol. The van der Waals surface area contributed by atoms with Gasteiger partial charge in [-0.05, 0) is 29.0 Å². The van der Waals surface area contributed by atoms with Crippen LogP contribution in [0.4, 0.5) is 0 Å². The van der Waals surface area contributed by atoms with E-state index in [2.05, 4.69) is 21.2 Å². The molecule has 0 fully saturated rings. The molecule has 0 aliphatic heterocycles. The molecule has 0 atom stereocenters. The minimum Gasteiger partial charge on any atom is -0.506 e. The highest BCUT2D eigenvalue weighted by Crippen LogP contribution is 2.28. The van der Waals surface area contributed by atoms with Crippen LogP contribution in [0.2, 0.25) is 0 Å². The first-order chi connectivity index (χ1) is 8.04. The van der Waals surface area contributed by atoms with Gasteiger partial charge in [0.1, 0.15) is 5.75 Å². The van der Waals surface area contributed by atoms with Gasteiger partial charge in [-0.15, -0.1) is 0 Å². The number of phenols is 1. The van der Waals surface area contributed by atoms with Gasteiger partial charge in [-0.3, -0.25) is 4.79 Å². The zero-order valence-corrected chi connectivity index (χ0v) is 11.6. The maximum atomic E-state index is 11.1. The number of amides is 1. The van der Waals surface area contributed by atoms with E-state index in [0.717, 1.165) is 5.56 Å². The number of halogens is 1. The fourth-order valence-electron chi connectivity index (χ4n) is 1.47. The number of carbonyl (C=O) groups excluding carboxylic acids is 1. The Labute approximate surface area is 110 Å². The van der Waals surface area contributed by atoms with Gasteiger partial charge in [0.25, 0.3) is 0 Å². The van der Waals surface area contributed by atoms with E-state index >= 15 is 0 Å². The molecule has 94 valence electrons. The summed E-state index contributed by atoms with van der Waals surface area (Å²) in [6, 6.07) is 5.55. The Bertz CT molecular complexity index is 396. The van der Waals surface area contributed by atoms with Crippen molar-refractivity contribution >= 4 is 21.8 Å². The average Bonchev–Trinajstić information content (AvgIpc) is 2.32. The standard InChI is InChI=1S/C12H17BrN2O2/c1-14-11(16)6-7-15(2)8-9-4-3-5-10(13)12(9)17/h3-5,17H,6-8H2,1-2H3,(H,14,16). The zero-order chi connectivity index (χ0) is 12.8. The van der Waals surface area contributed by atoms with Gasteiger partial charge in [-0.25, -0.2) is 0 Å². The van der Waals surface area contributed by atoms with Gasteiger partial charge >= 0.3 is 0 Å². The number of nitrogens with one attached hydrogen (secondary N) is 1. The van der Waals surface area contributed by atoms with Gasteiger partial charge in [0, 0.05) is 32.1 Å². The molecule has 0 bridgehead atoms. The third-order valence-electron chi connectivity index (χ3n) is 2.51. The van der Waals surface area contributed by atoms with Crippen LogP contribution in [-0.2, 0) is 11.3 Å². The molecule has 0 aromatic heterocycles. The molecule has 2 N–H and O–H groups in total. The molecule has 0 aliphatic rings. The van der Waals surface area contributed by atoms with Crippen LogP contribution >= 0.6 is 15.9 Å². The molecule has 0 radical (unpaired) electrons. The van der Waals surface area contributed by atoms with E-state index in [1.54, 1.807) is 13.1 Å². The lowest BCUT2D eigenvalue weighted by Gasteiger charge is -2.17. The molecule has 1 rings (SSSR count). The Morgan fingerprint density at radius 2 is 2.24 bits per heavy atom. The number of nitrogens with zero attached hydrogens (tertiary/aromatic N) is 1. The smallest absolute Gasteiger partial charge is 0.221 e. The predicted octanol–water partition coefficient (Wildman–Crippen LogP) is 1.72. The molecule has 1 aromatic carbocycles. The van der Waals surface area contributed by atoms with Crippen LogP contribution in [0, 0.1) is 0 Å². The third kappa shape index (κ3) is 4.36. The lowest BCUT2D eigenvalue weighted by Crippen LogP contribution is -2.26. The summed E-state index contributed by atoms with van der Waals surface area (Å²) in [5.41, 5.74) is 0.846. The normalized spacial score (nSPS) is 10.6. The lowest BCUT2D eigenvalue weighted by atomic mass is 10.2. The van der Waals surface area contributed by atoms with Crippen LogP contribution in [0.25, 0.3) is 0 Å². The van der Waals surface area contributed by atoms with Crippen LogP contribution in [0.15, 0.2) is 22.7 Å². The van der Waals surface area contributed by atoms with Gasteiger partial charge in [-0.2, -0.15) is 0 Å². The highest BCUT2D eigenvalue weighted by atomic mass is 79.9. The SMILES string of the molecule is CNC(=O)CCN(C)Cc1cccc(Br)c1O. The number of rotatable bonds is 5. The van der Waals surface area contributed by atoms with Gasteiger partial charge in [0.05, 0.1) is 4.47 Å². The Kier molecular flexibility index (Phi) is 5.44. The highest BCUT2D eigenvalue weighted by Gasteiger charge is 2.08. The molecule has 1 amide bonds. The molecular formula is C12H17BrN2O2. The minimum absolute atomic E-state index is 0.0234. The molecule has 0 saturated heterocycles. The van der Waals surface area contributed by atoms with Crippen molar-refractivity contribution in [1.29, 1.82) is 0 Å². The lowest BCUT2D eigenvalue weighted by molar-refractivity contribution is -0.120. The summed E-state index contributed by atoms with van der Waals surface area (Å²) in [6.45, 7) is 1.27. The molecule has 1 aromatic rings. The van der Waals surface area contributed by atoms with E-state index < -0.39 is 0 Å². The van der Waals surface area contributed by atoms with Gasteiger partial charge in [0.15, 0.2) is 0 Å². The summed E-state index contributed by atoms with van der Waals surface area (Å²) >= 11 is 3.28. The molecule has 4 nitrogen and oxygen atoms in total. The van der Waals surface area contributed by atoms with Crippen molar-refractivity contribution in [2.45, 2.75) is 13.0 Å². The maximum Gasteiger partial charge on any atom is 0.221 e. The Morgan fingerprint density at radius 1 is 1.53 bits per heavy atom. The Morgan fingerprint density at radius 3 is 2.88 bits per heavy atom. The summed E-state index contributed by atoms with van der Waals surface area (Å²) < 4.78 is 0.690. The first-order valence-corrected chi connectivity index (χ1v) is 6.19. The Balaban J connectivity index is 2.53. The van der Waals surface area contributed by atoms with Crippen LogP contribution in [0.5, 0.6) is 5.75 Å². The van der Waals surface area contributed by atoms with Crippen LogP contribution < -0.4 is 5.32 Å². The van der Waals surface area contributed by atoms with Crippen molar-refractivity contribution in [3.63, 3.8) is 0 Å². The summed E-state index contributed by atoms with van der Waals surface area (Å²) in [5.74, 6) is 0.287. The van der Waals surface area contributed by atoms with Crippen LogP contribution in [-0.4, -0.2) is 36.6 Å². The number of aromatic hydroxyl groups is 1. The number of hydrogen-bond donors (Lipinski definition) is 2. The number of para-hydroxylation sites is 1. The number of carbonyl (C=O) groups is 1. The van der Waals surface area contributed by atoms with E-state index in [1.807, 2.05) is 24.1 Å². The van der Waals surface area contributed by atoms with E-state index in [1.165, 1.54) is 0 Å². The minimum atomic E-state index is 0.0234. The second-order valence-corrected chi connectivity index (χ2v) is 4.76.